The van der Waals surface area contributed by atoms with Crippen molar-refractivity contribution in [2.75, 3.05) is 5.32 Å². The van der Waals surface area contributed by atoms with Crippen LogP contribution >= 0.6 is 11.3 Å². The molecule has 3 nitrogen and oxygen atoms in total. The summed E-state index contributed by atoms with van der Waals surface area (Å²) >= 11 is 1.50. The lowest BCUT2D eigenvalue weighted by atomic mass is 10.1. The maximum atomic E-state index is 12.3. The number of thiazole rings is 1. The third-order valence-electron chi connectivity index (χ3n) is 3.33. The molecule has 1 amide bonds. The van der Waals surface area contributed by atoms with Crippen LogP contribution in [0.2, 0.25) is 0 Å². The number of nitrogens with zero attached hydrogens (tertiary/aromatic N) is 1. The van der Waals surface area contributed by atoms with Crippen LogP contribution in [-0.4, -0.2) is 10.9 Å². The number of carbonyl (C=O) groups excluding carboxylic acids is 1. The molecule has 3 rings (SSSR count). The normalized spacial score (nSPS) is 10.8. The average molecular weight is 296 g/mol. The maximum Gasteiger partial charge on any atom is 0.257 e. The number of anilines is 1. The lowest BCUT2D eigenvalue weighted by Crippen LogP contribution is -2.12. The fraction of sp³-hybridized carbons (Fsp3) is 0.176. The zero-order chi connectivity index (χ0) is 15.0. The number of benzene rings is 2. The first-order chi connectivity index (χ1) is 10.0. The minimum atomic E-state index is -0.112. The summed E-state index contributed by atoms with van der Waals surface area (Å²) < 4.78 is 1.09. The molecule has 0 bridgehead atoms. The van der Waals surface area contributed by atoms with Crippen LogP contribution in [0.15, 0.2) is 36.4 Å². The second-order valence-corrected chi connectivity index (χ2v) is 6.30. The highest BCUT2D eigenvalue weighted by Crippen LogP contribution is 2.28. The van der Waals surface area contributed by atoms with E-state index in [4.69, 9.17) is 0 Å². The number of amides is 1. The van der Waals surface area contributed by atoms with Crippen LogP contribution in [0.3, 0.4) is 0 Å². The number of para-hydroxylation sites is 1. The fourth-order valence-corrected chi connectivity index (χ4v) is 3.35. The minimum Gasteiger partial charge on any atom is -0.298 e. The van der Waals surface area contributed by atoms with E-state index in [9.17, 15) is 4.79 Å². The van der Waals surface area contributed by atoms with E-state index in [1.807, 2.05) is 51.1 Å². The minimum absolute atomic E-state index is 0.112. The predicted octanol–water partition coefficient (Wildman–Crippen LogP) is 4.47. The molecule has 0 aliphatic rings. The Bertz CT molecular complexity index is 816. The van der Waals surface area contributed by atoms with Gasteiger partial charge in [0.05, 0.1) is 10.2 Å². The Balaban J connectivity index is 1.91. The predicted molar refractivity (Wildman–Crippen MR) is 88.2 cm³/mol. The van der Waals surface area contributed by atoms with Gasteiger partial charge < -0.3 is 0 Å². The number of hydrogen-bond donors (Lipinski definition) is 1. The average Bonchev–Trinajstić information content (AvgIpc) is 2.81. The quantitative estimate of drug-likeness (QED) is 0.758. The van der Waals surface area contributed by atoms with Crippen molar-refractivity contribution >= 4 is 32.6 Å². The van der Waals surface area contributed by atoms with Gasteiger partial charge in [0, 0.05) is 5.56 Å². The van der Waals surface area contributed by atoms with Crippen molar-refractivity contribution in [3.8, 4) is 0 Å². The summed E-state index contributed by atoms with van der Waals surface area (Å²) in [7, 11) is 0. The third kappa shape index (κ3) is 2.81. The molecule has 1 N–H and O–H groups in total. The van der Waals surface area contributed by atoms with Crippen molar-refractivity contribution in [2.24, 2.45) is 0 Å². The second kappa shape index (κ2) is 5.30. The van der Waals surface area contributed by atoms with Crippen LogP contribution in [0.4, 0.5) is 5.13 Å². The highest BCUT2D eigenvalue weighted by molar-refractivity contribution is 7.22. The molecular formula is C17H16N2OS. The van der Waals surface area contributed by atoms with E-state index in [1.54, 1.807) is 0 Å². The smallest absolute Gasteiger partial charge is 0.257 e. The van der Waals surface area contributed by atoms with Gasteiger partial charge in [-0.3, -0.25) is 10.1 Å². The number of nitrogens with one attached hydrogen (secondary N) is 1. The number of aromatic nitrogens is 1. The van der Waals surface area contributed by atoms with Crippen LogP contribution in [-0.2, 0) is 0 Å². The summed E-state index contributed by atoms with van der Waals surface area (Å²) in [5.74, 6) is -0.112. The highest BCUT2D eigenvalue weighted by Gasteiger charge is 2.11. The molecule has 21 heavy (non-hydrogen) atoms. The Morgan fingerprint density at radius 2 is 1.81 bits per heavy atom. The monoisotopic (exact) mass is 296 g/mol. The fourth-order valence-electron chi connectivity index (χ4n) is 2.41. The first-order valence-corrected chi connectivity index (χ1v) is 7.60. The molecule has 0 aliphatic heterocycles. The Hall–Kier alpha value is -2.20. The number of hydrogen-bond acceptors (Lipinski definition) is 3. The number of aryl methyl sites for hydroxylation is 3. The Labute approximate surface area is 127 Å². The summed E-state index contributed by atoms with van der Waals surface area (Å²) in [6, 6.07) is 11.9. The molecular weight excluding hydrogens is 280 g/mol. The van der Waals surface area contributed by atoms with Crippen molar-refractivity contribution in [2.45, 2.75) is 20.8 Å². The van der Waals surface area contributed by atoms with Gasteiger partial charge in [0.25, 0.3) is 5.91 Å². The molecule has 1 aromatic heterocycles. The summed E-state index contributed by atoms with van der Waals surface area (Å²) in [6.07, 6.45) is 0. The molecule has 1 heterocycles. The summed E-state index contributed by atoms with van der Waals surface area (Å²) in [6.45, 7) is 6.01. The SMILES string of the molecule is Cc1cc(C)cc(C(=O)Nc2nc3c(C)cccc3s2)c1. The molecule has 106 valence electrons. The first-order valence-electron chi connectivity index (χ1n) is 6.79. The zero-order valence-electron chi connectivity index (χ0n) is 12.2. The Morgan fingerprint density at radius 1 is 1.10 bits per heavy atom. The molecule has 0 atom stereocenters. The van der Waals surface area contributed by atoms with Crippen LogP contribution < -0.4 is 5.32 Å². The lowest BCUT2D eigenvalue weighted by Gasteiger charge is -2.04. The maximum absolute atomic E-state index is 12.3. The van der Waals surface area contributed by atoms with Gasteiger partial charge in [-0.05, 0) is 44.5 Å². The highest BCUT2D eigenvalue weighted by atomic mass is 32.1. The molecule has 0 aliphatic carbocycles. The van der Waals surface area contributed by atoms with Crippen LogP contribution in [0, 0.1) is 20.8 Å². The van der Waals surface area contributed by atoms with Gasteiger partial charge in [-0.15, -0.1) is 0 Å². The van der Waals surface area contributed by atoms with Crippen molar-refractivity contribution < 1.29 is 4.79 Å². The first kappa shape index (κ1) is 13.8. The van der Waals surface area contributed by atoms with Crippen molar-refractivity contribution in [3.05, 3.63) is 58.7 Å². The van der Waals surface area contributed by atoms with Crippen LogP contribution in [0.25, 0.3) is 10.2 Å². The molecule has 0 saturated heterocycles. The van der Waals surface area contributed by atoms with E-state index in [-0.39, 0.29) is 5.91 Å². The summed E-state index contributed by atoms with van der Waals surface area (Å²) in [4.78, 5) is 16.8. The second-order valence-electron chi connectivity index (χ2n) is 5.27. The van der Waals surface area contributed by atoms with E-state index >= 15 is 0 Å². The Morgan fingerprint density at radius 3 is 2.48 bits per heavy atom. The molecule has 0 unspecified atom stereocenters. The van der Waals surface area contributed by atoms with Crippen molar-refractivity contribution in [1.29, 1.82) is 0 Å². The van der Waals surface area contributed by atoms with Crippen LogP contribution in [0.5, 0.6) is 0 Å². The lowest BCUT2D eigenvalue weighted by molar-refractivity contribution is 0.102. The summed E-state index contributed by atoms with van der Waals surface area (Å²) in [5, 5.41) is 3.54. The van der Waals surface area contributed by atoms with Gasteiger partial charge in [0.1, 0.15) is 0 Å². The molecule has 4 heteroatoms. The van der Waals surface area contributed by atoms with Crippen molar-refractivity contribution in [1.82, 2.24) is 4.98 Å². The number of fused-ring (bicyclic) bond motifs is 1. The van der Waals surface area contributed by atoms with Gasteiger partial charge in [-0.25, -0.2) is 4.98 Å². The standard InChI is InChI=1S/C17H16N2OS/c1-10-7-11(2)9-13(8-10)16(20)19-17-18-15-12(3)5-4-6-14(15)21-17/h4-9H,1-3H3,(H,18,19,20). The number of rotatable bonds is 2. The molecule has 2 aromatic carbocycles. The molecule has 0 saturated carbocycles. The zero-order valence-corrected chi connectivity index (χ0v) is 13.0. The summed E-state index contributed by atoms with van der Waals surface area (Å²) in [5.41, 5.74) is 4.91. The molecule has 3 aromatic rings. The molecule has 0 spiro atoms. The number of carbonyl (C=O) groups is 1. The van der Waals surface area contributed by atoms with E-state index in [0.717, 1.165) is 26.9 Å². The van der Waals surface area contributed by atoms with E-state index in [2.05, 4.69) is 16.4 Å². The van der Waals surface area contributed by atoms with Gasteiger partial charge in [0.15, 0.2) is 5.13 Å². The molecule has 0 fully saturated rings. The van der Waals surface area contributed by atoms with Crippen LogP contribution in [0.1, 0.15) is 27.0 Å². The van der Waals surface area contributed by atoms with E-state index < -0.39 is 0 Å². The van der Waals surface area contributed by atoms with Gasteiger partial charge in [-0.1, -0.05) is 40.7 Å². The van der Waals surface area contributed by atoms with Crippen molar-refractivity contribution in [3.63, 3.8) is 0 Å². The van der Waals surface area contributed by atoms with Gasteiger partial charge in [0.2, 0.25) is 0 Å². The van der Waals surface area contributed by atoms with E-state index in [0.29, 0.717) is 10.7 Å². The topological polar surface area (TPSA) is 42.0 Å². The largest absolute Gasteiger partial charge is 0.298 e. The van der Waals surface area contributed by atoms with E-state index in [1.165, 1.54) is 11.3 Å². The molecule has 0 radical (unpaired) electrons. The third-order valence-corrected chi connectivity index (χ3v) is 4.26. The van der Waals surface area contributed by atoms with Gasteiger partial charge in [-0.2, -0.15) is 0 Å². The Kier molecular flexibility index (Phi) is 3.47. The van der Waals surface area contributed by atoms with Gasteiger partial charge >= 0.3 is 0 Å².